The highest BCUT2D eigenvalue weighted by Gasteiger charge is 2.67. The monoisotopic (exact) mass is 459 g/mol. The summed E-state index contributed by atoms with van der Waals surface area (Å²) >= 11 is 4.40. The third-order valence-corrected chi connectivity index (χ3v) is 6.44. The van der Waals surface area contributed by atoms with Crippen molar-refractivity contribution >= 4 is 38.1 Å². The average Bonchev–Trinajstić information content (AvgIpc) is 3.11. The van der Waals surface area contributed by atoms with Crippen LogP contribution in [0.2, 0.25) is 0 Å². The average molecular weight is 460 g/mol. The Hall–Kier alpha value is -1.45. The van der Waals surface area contributed by atoms with Crippen molar-refractivity contribution in [1.82, 2.24) is 4.98 Å². The molecule has 2 aliphatic rings. The van der Waals surface area contributed by atoms with Crippen LogP contribution in [-0.4, -0.2) is 27.7 Å². The van der Waals surface area contributed by atoms with E-state index in [1.807, 2.05) is 24.3 Å². The molecule has 27 heavy (non-hydrogen) atoms. The van der Waals surface area contributed by atoms with Gasteiger partial charge in [0, 0.05) is 21.1 Å². The molecule has 144 valence electrons. The quantitative estimate of drug-likeness (QED) is 0.637. The molecule has 0 bridgehead atoms. The lowest BCUT2D eigenvalue weighted by Crippen LogP contribution is -2.60. The van der Waals surface area contributed by atoms with E-state index in [4.69, 9.17) is 0 Å². The Kier molecular flexibility index (Phi) is 4.80. The lowest BCUT2D eigenvalue weighted by molar-refractivity contribution is -0.268. The van der Waals surface area contributed by atoms with E-state index in [0.717, 1.165) is 34.2 Å². The van der Waals surface area contributed by atoms with Gasteiger partial charge in [0.25, 0.3) is 5.72 Å². The molecule has 0 amide bonds. The standard InChI is InChI=1S/C18H17BrF3N3OS/c19-12-8-6-11(7-9-12)15-10-27-16(23-15)25-17(26,18(20,21)22)13-4-2-1-3-5-14(13)24-25/h6-10,13,26H,1-5H2/t13-,17-/m1/s1. The van der Waals surface area contributed by atoms with Crippen LogP contribution in [-0.2, 0) is 0 Å². The number of alkyl halides is 3. The molecule has 1 aromatic heterocycles. The first kappa shape index (κ1) is 18.9. The van der Waals surface area contributed by atoms with E-state index < -0.39 is 17.8 Å². The van der Waals surface area contributed by atoms with Crippen LogP contribution in [0.3, 0.4) is 0 Å². The van der Waals surface area contributed by atoms with E-state index in [1.165, 1.54) is 0 Å². The number of aliphatic hydroxyl groups is 1. The molecule has 0 unspecified atom stereocenters. The van der Waals surface area contributed by atoms with Crippen LogP contribution in [0, 0.1) is 5.92 Å². The Morgan fingerprint density at radius 3 is 2.63 bits per heavy atom. The molecular formula is C18H17BrF3N3OS. The Bertz CT molecular complexity index is 867. The minimum absolute atomic E-state index is 0.0494. The van der Waals surface area contributed by atoms with Crippen molar-refractivity contribution < 1.29 is 18.3 Å². The number of hydrogen-bond donors (Lipinski definition) is 1. The third kappa shape index (κ3) is 3.19. The molecule has 9 heteroatoms. The van der Waals surface area contributed by atoms with E-state index in [2.05, 4.69) is 26.0 Å². The maximum Gasteiger partial charge on any atom is 0.439 e. The SMILES string of the molecule is O[C@@]1(C(F)(F)F)[C@@H]2CCCCCC2=NN1c1nc(-c2ccc(Br)cc2)cs1. The number of aromatic nitrogens is 1. The zero-order valence-electron chi connectivity index (χ0n) is 14.2. The second-order valence-corrected chi connectivity index (χ2v) is 8.55. The molecule has 2 atom stereocenters. The number of rotatable bonds is 2. The molecule has 4 rings (SSSR count). The highest BCUT2D eigenvalue weighted by atomic mass is 79.9. The number of nitrogens with zero attached hydrogens (tertiary/aromatic N) is 3. The minimum atomic E-state index is -4.84. The second-order valence-electron chi connectivity index (χ2n) is 6.80. The first-order valence-corrected chi connectivity index (χ1v) is 10.4. The van der Waals surface area contributed by atoms with Gasteiger partial charge in [-0.05, 0) is 31.4 Å². The predicted octanol–water partition coefficient (Wildman–Crippen LogP) is 5.58. The summed E-state index contributed by atoms with van der Waals surface area (Å²) < 4.78 is 42.8. The van der Waals surface area contributed by atoms with Gasteiger partial charge in [-0.15, -0.1) is 11.3 Å². The Morgan fingerprint density at radius 2 is 1.93 bits per heavy atom. The molecular weight excluding hydrogens is 443 g/mol. The first-order valence-electron chi connectivity index (χ1n) is 8.69. The van der Waals surface area contributed by atoms with Gasteiger partial charge in [-0.1, -0.05) is 40.9 Å². The van der Waals surface area contributed by atoms with Gasteiger partial charge >= 0.3 is 6.18 Å². The molecule has 1 aliphatic carbocycles. The Balaban J connectivity index is 1.74. The van der Waals surface area contributed by atoms with E-state index in [-0.39, 0.29) is 11.6 Å². The fourth-order valence-corrected chi connectivity index (χ4v) is 4.80. The van der Waals surface area contributed by atoms with Crippen LogP contribution >= 0.6 is 27.3 Å². The number of hydrogen-bond acceptors (Lipinski definition) is 5. The number of thiazole rings is 1. The number of benzene rings is 1. The highest BCUT2D eigenvalue weighted by Crippen LogP contribution is 2.50. The summed E-state index contributed by atoms with van der Waals surface area (Å²) in [6.45, 7) is 0. The van der Waals surface area contributed by atoms with Gasteiger partial charge in [-0.3, -0.25) is 0 Å². The lowest BCUT2D eigenvalue weighted by atomic mass is 9.87. The molecule has 1 N–H and O–H groups in total. The van der Waals surface area contributed by atoms with Crippen molar-refractivity contribution in [2.75, 3.05) is 5.01 Å². The molecule has 1 aliphatic heterocycles. The van der Waals surface area contributed by atoms with Crippen LogP contribution in [0.4, 0.5) is 18.3 Å². The van der Waals surface area contributed by atoms with Crippen LogP contribution in [0.15, 0.2) is 39.2 Å². The van der Waals surface area contributed by atoms with Gasteiger partial charge in [0.05, 0.1) is 11.6 Å². The molecule has 1 fully saturated rings. The van der Waals surface area contributed by atoms with Crippen molar-refractivity contribution in [3.63, 3.8) is 0 Å². The molecule has 1 aromatic carbocycles. The summed E-state index contributed by atoms with van der Waals surface area (Å²) in [7, 11) is 0. The maximum atomic E-state index is 14.0. The zero-order valence-corrected chi connectivity index (χ0v) is 16.6. The largest absolute Gasteiger partial charge is 0.439 e. The fourth-order valence-electron chi connectivity index (χ4n) is 3.70. The summed E-state index contributed by atoms with van der Waals surface area (Å²) in [6.07, 6.45) is -1.79. The van der Waals surface area contributed by atoms with Gasteiger partial charge in [-0.25, -0.2) is 4.98 Å². The zero-order chi connectivity index (χ0) is 19.2. The van der Waals surface area contributed by atoms with Crippen LogP contribution in [0.25, 0.3) is 11.3 Å². The van der Waals surface area contributed by atoms with Gasteiger partial charge in [0.15, 0.2) is 0 Å². The predicted molar refractivity (Wildman–Crippen MR) is 103 cm³/mol. The lowest BCUT2D eigenvalue weighted by Gasteiger charge is -2.37. The Morgan fingerprint density at radius 1 is 1.19 bits per heavy atom. The van der Waals surface area contributed by atoms with Gasteiger partial charge < -0.3 is 5.11 Å². The van der Waals surface area contributed by atoms with Gasteiger partial charge in [-0.2, -0.15) is 23.3 Å². The number of anilines is 1. The Labute approximate surface area is 166 Å². The van der Waals surface area contributed by atoms with Crippen molar-refractivity contribution in [3.8, 4) is 11.3 Å². The topological polar surface area (TPSA) is 48.7 Å². The minimum Gasteiger partial charge on any atom is -0.362 e. The summed E-state index contributed by atoms with van der Waals surface area (Å²) in [4.78, 5) is 4.34. The first-order chi connectivity index (χ1) is 12.8. The van der Waals surface area contributed by atoms with E-state index in [9.17, 15) is 18.3 Å². The molecule has 4 nitrogen and oxygen atoms in total. The summed E-state index contributed by atoms with van der Waals surface area (Å²) in [5.41, 5.74) is -1.27. The van der Waals surface area contributed by atoms with Crippen LogP contribution in [0.1, 0.15) is 32.1 Å². The van der Waals surface area contributed by atoms with Gasteiger partial charge in [0.1, 0.15) is 0 Å². The number of halogens is 4. The molecule has 2 aromatic rings. The number of fused-ring (bicyclic) bond motifs is 1. The van der Waals surface area contributed by atoms with E-state index in [1.54, 1.807) is 5.38 Å². The molecule has 1 saturated carbocycles. The maximum absolute atomic E-state index is 14.0. The number of hydrazone groups is 1. The van der Waals surface area contributed by atoms with Crippen molar-refractivity contribution in [2.24, 2.45) is 11.0 Å². The third-order valence-electron chi connectivity index (χ3n) is 5.10. The molecule has 0 saturated heterocycles. The van der Waals surface area contributed by atoms with Crippen molar-refractivity contribution in [1.29, 1.82) is 0 Å². The highest BCUT2D eigenvalue weighted by molar-refractivity contribution is 9.10. The van der Waals surface area contributed by atoms with Crippen LogP contribution in [0.5, 0.6) is 0 Å². The summed E-state index contributed by atoms with van der Waals surface area (Å²) in [5.74, 6) is -1.04. The molecule has 2 heterocycles. The molecule has 0 spiro atoms. The smallest absolute Gasteiger partial charge is 0.362 e. The van der Waals surface area contributed by atoms with Gasteiger partial charge in [0.2, 0.25) is 5.13 Å². The van der Waals surface area contributed by atoms with E-state index >= 15 is 0 Å². The van der Waals surface area contributed by atoms with E-state index in [0.29, 0.717) is 29.3 Å². The summed E-state index contributed by atoms with van der Waals surface area (Å²) in [5, 5.41) is 17.5. The molecule has 0 radical (unpaired) electrons. The normalized spacial score (nSPS) is 25.9. The van der Waals surface area contributed by atoms with Crippen LogP contribution < -0.4 is 5.01 Å². The fraction of sp³-hybridized carbons (Fsp3) is 0.444. The van der Waals surface area contributed by atoms with Crippen molar-refractivity contribution in [2.45, 2.75) is 44.0 Å². The van der Waals surface area contributed by atoms with Crippen molar-refractivity contribution in [3.05, 3.63) is 34.1 Å². The second kappa shape index (κ2) is 6.86. The summed E-state index contributed by atoms with van der Waals surface area (Å²) in [6, 6.07) is 7.35.